The van der Waals surface area contributed by atoms with Crippen LogP contribution in [0, 0.1) is 0 Å². The van der Waals surface area contributed by atoms with E-state index in [1.54, 1.807) is 0 Å². The minimum Gasteiger partial charge on any atom is -0.462 e. The Bertz CT molecular complexity index is 897. The normalized spacial score (nSPS) is 13.5. The number of alkyl carbamates (subject to hydrolysis) is 1. The molecule has 1 fully saturated rings. The van der Waals surface area contributed by atoms with Gasteiger partial charge < -0.3 is 19.5 Å². The van der Waals surface area contributed by atoms with Crippen LogP contribution in [0.1, 0.15) is 219 Å². The Labute approximate surface area is 339 Å². The summed E-state index contributed by atoms with van der Waals surface area (Å²) in [6, 6.07) is -0.481. The topological polar surface area (TPSA) is 94.2 Å². The maximum Gasteiger partial charge on any atom is 0.407 e. The Balaban J connectivity index is 2.23. The fraction of sp³-hybridized carbons (Fsp3) is 0.933. The number of hydrogen-bond donors (Lipinski definition) is 1. The lowest BCUT2D eigenvalue weighted by Gasteiger charge is -2.39. The van der Waals surface area contributed by atoms with Crippen LogP contribution in [0.4, 0.5) is 18.0 Å². The fourth-order valence-corrected chi connectivity index (χ4v) is 7.31. The summed E-state index contributed by atoms with van der Waals surface area (Å²) in [7, 11) is 0. The number of carbonyl (C=O) groups excluding carboxylic acids is 3. The molecule has 0 aliphatic carbocycles. The first-order chi connectivity index (χ1) is 27.1. The average Bonchev–Trinajstić information content (AvgIpc) is 3.14. The zero-order valence-corrected chi connectivity index (χ0v) is 35.8. The van der Waals surface area contributed by atoms with Gasteiger partial charge in [-0.2, -0.15) is 13.2 Å². The van der Waals surface area contributed by atoms with Crippen molar-refractivity contribution in [1.29, 1.82) is 0 Å². The Kier molecular flexibility index (Phi) is 33.5. The van der Waals surface area contributed by atoms with Crippen LogP contribution in [-0.4, -0.2) is 74.1 Å². The molecule has 56 heavy (non-hydrogen) atoms. The molecule has 1 amide bonds. The molecule has 330 valence electrons. The van der Waals surface area contributed by atoms with Crippen LogP contribution < -0.4 is 5.32 Å². The number of alkyl halides is 3. The molecule has 8 nitrogen and oxygen atoms in total. The Morgan fingerprint density at radius 2 is 0.839 bits per heavy atom. The van der Waals surface area contributed by atoms with E-state index in [4.69, 9.17) is 14.2 Å². The number of rotatable bonds is 39. The third-order valence-electron chi connectivity index (χ3n) is 10.8. The second-order valence-electron chi connectivity index (χ2n) is 16.4. The highest BCUT2D eigenvalue weighted by Gasteiger charge is 2.38. The summed E-state index contributed by atoms with van der Waals surface area (Å²) >= 11 is 0. The zero-order valence-electron chi connectivity index (χ0n) is 35.8. The van der Waals surface area contributed by atoms with Gasteiger partial charge in [-0.15, -0.1) is 0 Å². The lowest BCUT2D eigenvalue weighted by atomic mass is 10.0. The molecule has 1 aliphatic heterocycles. The van der Waals surface area contributed by atoms with Gasteiger partial charge in [-0.3, -0.25) is 14.5 Å². The number of nitrogens with one attached hydrogen (secondary N) is 1. The number of carbonyl (C=O) groups is 3. The molecule has 0 bridgehead atoms. The van der Waals surface area contributed by atoms with E-state index in [-0.39, 0.29) is 39.1 Å². The van der Waals surface area contributed by atoms with Crippen molar-refractivity contribution in [3.63, 3.8) is 0 Å². The van der Waals surface area contributed by atoms with Gasteiger partial charge in [0.25, 0.3) is 0 Å². The molecule has 0 aromatic carbocycles. The largest absolute Gasteiger partial charge is 0.462 e. The van der Waals surface area contributed by atoms with Crippen molar-refractivity contribution < 1.29 is 41.8 Å². The van der Waals surface area contributed by atoms with Crippen LogP contribution in [0.15, 0.2) is 0 Å². The molecule has 1 rings (SSSR count). The average molecular weight is 805 g/mol. The van der Waals surface area contributed by atoms with E-state index in [0.29, 0.717) is 12.8 Å². The van der Waals surface area contributed by atoms with Crippen LogP contribution in [0.25, 0.3) is 0 Å². The predicted octanol–water partition coefficient (Wildman–Crippen LogP) is 12.9. The number of halogens is 3. The van der Waals surface area contributed by atoms with Gasteiger partial charge in [0.2, 0.25) is 0 Å². The highest BCUT2D eigenvalue weighted by molar-refractivity contribution is 5.70. The number of esters is 2. The number of ether oxygens (including phenoxy) is 3. The second kappa shape index (κ2) is 36.1. The molecule has 0 radical (unpaired) electrons. The van der Waals surface area contributed by atoms with Crippen molar-refractivity contribution >= 4 is 18.0 Å². The summed E-state index contributed by atoms with van der Waals surface area (Å²) in [5, 5.41) is 2.55. The molecule has 1 N–H and O–H groups in total. The Hall–Kier alpha value is -2.04. The lowest BCUT2D eigenvalue weighted by molar-refractivity contribution is -0.156. The third-order valence-corrected chi connectivity index (χ3v) is 10.8. The summed E-state index contributed by atoms with van der Waals surface area (Å²) < 4.78 is 54.1. The van der Waals surface area contributed by atoms with E-state index < -0.39 is 42.9 Å². The van der Waals surface area contributed by atoms with E-state index in [9.17, 15) is 27.6 Å². The molecular formula is C45H83F3N2O6. The van der Waals surface area contributed by atoms with Crippen molar-refractivity contribution in [3.05, 3.63) is 0 Å². The van der Waals surface area contributed by atoms with Gasteiger partial charge in [0.1, 0.15) is 13.2 Å². The second-order valence-corrected chi connectivity index (χ2v) is 16.4. The molecular weight excluding hydrogens is 721 g/mol. The number of nitrogens with zero attached hydrogens (tertiary/aromatic N) is 1. The Morgan fingerprint density at radius 3 is 1.14 bits per heavy atom. The highest BCUT2D eigenvalue weighted by atomic mass is 19.4. The minimum atomic E-state index is -4.30. The van der Waals surface area contributed by atoms with E-state index >= 15 is 0 Å². The first-order valence-corrected chi connectivity index (χ1v) is 23.2. The summed E-state index contributed by atoms with van der Waals surface area (Å²) in [5.41, 5.74) is 0. The predicted molar refractivity (Wildman–Crippen MR) is 221 cm³/mol. The zero-order chi connectivity index (χ0) is 41.0. The molecule has 1 heterocycles. The molecule has 1 aliphatic rings. The number of hydrogen-bond acceptors (Lipinski definition) is 7. The third kappa shape index (κ3) is 34.0. The molecule has 0 saturated carbocycles. The van der Waals surface area contributed by atoms with Gasteiger partial charge >= 0.3 is 24.2 Å². The summed E-state index contributed by atoms with van der Waals surface area (Å²) in [6.07, 6.45) is 31.3. The van der Waals surface area contributed by atoms with Crippen molar-refractivity contribution in [1.82, 2.24) is 10.2 Å². The number of likely N-dealkylation sites (tertiary alicyclic amines) is 1. The standard InChI is InChI=1S/C45H83F3N2O6/c1-3-5-7-9-11-13-15-17-19-21-23-25-27-29-31-33-42(51)54-37-41(56-44(53)49-40-35-50(36-40)39-45(46,47)48)38-55-43(52)34-32-30-28-26-24-22-20-18-16-14-12-10-8-6-4-2/h40-41H,3-39H2,1-2H3,(H,49,53). The molecule has 0 spiro atoms. The fourth-order valence-electron chi connectivity index (χ4n) is 7.31. The van der Waals surface area contributed by atoms with Gasteiger partial charge in [0.15, 0.2) is 6.10 Å². The SMILES string of the molecule is CCCCCCCCCCCCCCCCCC(=O)OCC(COC(=O)CCCCCCCCCCCCCCCCC)OC(=O)NC1CN(CC(F)(F)F)C1. The van der Waals surface area contributed by atoms with Crippen LogP contribution in [0.2, 0.25) is 0 Å². The van der Waals surface area contributed by atoms with Gasteiger partial charge in [-0.05, 0) is 12.8 Å². The van der Waals surface area contributed by atoms with E-state index in [2.05, 4.69) is 19.2 Å². The van der Waals surface area contributed by atoms with Crippen molar-refractivity contribution in [3.8, 4) is 0 Å². The van der Waals surface area contributed by atoms with Gasteiger partial charge in [-0.25, -0.2) is 4.79 Å². The van der Waals surface area contributed by atoms with E-state index in [1.807, 2.05) is 0 Å². The van der Waals surface area contributed by atoms with Crippen LogP contribution in [-0.2, 0) is 23.8 Å². The molecule has 1 saturated heterocycles. The maximum atomic E-state index is 12.6. The molecule has 0 aromatic rings. The van der Waals surface area contributed by atoms with Gasteiger partial charge in [-0.1, -0.05) is 194 Å². The first kappa shape index (κ1) is 52.0. The van der Waals surface area contributed by atoms with Crippen LogP contribution >= 0.6 is 0 Å². The molecule has 0 aromatic heterocycles. The summed E-state index contributed by atoms with van der Waals surface area (Å²) in [5.74, 6) is -0.806. The van der Waals surface area contributed by atoms with Crippen LogP contribution in [0.3, 0.4) is 0 Å². The molecule has 0 unspecified atom stereocenters. The van der Waals surface area contributed by atoms with Gasteiger partial charge in [0.05, 0.1) is 12.6 Å². The summed E-state index contributed by atoms with van der Waals surface area (Å²) in [6.45, 7) is 3.06. The highest BCUT2D eigenvalue weighted by Crippen LogP contribution is 2.21. The maximum absolute atomic E-state index is 12.6. The first-order valence-electron chi connectivity index (χ1n) is 23.2. The molecule has 11 heteroatoms. The minimum absolute atomic E-state index is 0.0573. The van der Waals surface area contributed by atoms with E-state index in [1.165, 1.54) is 146 Å². The smallest absolute Gasteiger partial charge is 0.407 e. The summed E-state index contributed by atoms with van der Waals surface area (Å²) in [4.78, 5) is 38.7. The van der Waals surface area contributed by atoms with Gasteiger partial charge in [0, 0.05) is 25.9 Å². The lowest BCUT2D eigenvalue weighted by Crippen LogP contribution is -2.61. The quantitative estimate of drug-likeness (QED) is 0.0376. The van der Waals surface area contributed by atoms with Crippen molar-refractivity contribution in [2.24, 2.45) is 0 Å². The van der Waals surface area contributed by atoms with Crippen LogP contribution in [0.5, 0.6) is 0 Å². The van der Waals surface area contributed by atoms with Crippen molar-refractivity contribution in [2.75, 3.05) is 32.8 Å². The monoisotopic (exact) mass is 805 g/mol. The Morgan fingerprint density at radius 1 is 0.536 bits per heavy atom. The van der Waals surface area contributed by atoms with E-state index in [0.717, 1.165) is 38.5 Å². The number of amides is 1. The van der Waals surface area contributed by atoms with Crippen molar-refractivity contribution in [2.45, 2.75) is 238 Å². The number of unbranched alkanes of at least 4 members (excludes halogenated alkanes) is 28. The molecule has 0 atom stereocenters.